The Morgan fingerprint density at radius 2 is 2.00 bits per heavy atom. The van der Waals surface area contributed by atoms with E-state index in [0.717, 1.165) is 5.75 Å². The number of benzene rings is 1. The molecule has 0 unspecified atom stereocenters. The third kappa shape index (κ3) is 3.96. The first-order valence-electron chi connectivity index (χ1n) is 4.42. The van der Waals surface area contributed by atoms with Crippen LogP contribution in [-0.2, 0) is 4.74 Å². The van der Waals surface area contributed by atoms with E-state index in [0.29, 0.717) is 12.4 Å². The lowest BCUT2D eigenvalue weighted by molar-refractivity contribution is 0.124. The number of hydrogen-bond acceptors (Lipinski definition) is 3. The fraction of sp³-hybridized carbons (Fsp3) is 0.273. The summed E-state index contributed by atoms with van der Waals surface area (Å²) >= 11 is 0. The van der Waals surface area contributed by atoms with Crippen LogP contribution in [0.5, 0.6) is 5.75 Å². The molecular formula is C11H14O3. The quantitative estimate of drug-likeness (QED) is 0.699. The third-order valence-corrected chi connectivity index (χ3v) is 1.54. The standard InChI is InChI=1S/C11H14O3/c1-10(13-8-7-12)9-14-11-5-3-2-4-6-11/h2-6,12H,1,7-9H2. The number of ether oxygens (including phenoxy) is 2. The van der Waals surface area contributed by atoms with Gasteiger partial charge in [-0.2, -0.15) is 0 Å². The number of rotatable bonds is 6. The zero-order chi connectivity index (χ0) is 10.2. The fourth-order valence-corrected chi connectivity index (χ4v) is 0.912. The monoisotopic (exact) mass is 194 g/mol. The average Bonchev–Trinajstić information content (AvgIpc) is 2.25. The molecule has 0 aliphatic heterocycles. The number of aliphatic hydroxyl groups excluding tert-OH is 1. The molecular weight excluding hydrogens is 180 g/mol. The van der Waals surface area contributed by atoms with Gasteiger partial charge >= 0.3 is 0 Å². The van der Waals surface area contributed by atoms with Crippen molar-refractivity contribution in [3.8, 4) is 5.75 Å². The normalized spacial score (nSPS) is 9.50. The summed E-state index contributed by atoms with van der Waals surface area (Å²) in [7, 11) is 0. The van der Waals surface area contributed by atoms with E-state index >= 15 is 0 Å². The largest absolute Gasteiger partial charge is 0.493 e. The van der Waals surface area contributed by atoms with Crippen LogP contribution in [0.4, 0.5) is 0 Å². The van der Waals surface area contributed by atoms with Gasteiger partial charge in [0.2, 0.25) is 0 Å². The van der Waals surface area contributed by atoms with Gasteiger partial charge in [-0.05, 0) is 12.1 Å². The van der Waals surface area contributed by atoms with E-state index in [1.807, 2.05) is 30.3 Å². The predicted octanol–water partition coefficient (Wildman–Crippen LogP) is 1.59. The van der Waals surface area contributed by atoms with Gasteiger partial charge in [0.25, 0.3) is 0 Å². The Bertz CT molecular complexity index is 269. The smallest absolute Gasteiger partial charge is 0.145 e. The fourth-order valence-electron chi connectivity index (χ4n) is 0.912. The zero-order valence-electron chi connectivity index (χ0n) is 7.98. The Morgan fingerprint density at radius 1 is 1.29 bits per heavy atom. The highest BCUT2D eigenvalue weighted by molar-refractivity contribution is 5.21. The maximum Gasteiger partial charge on any atom is 0.145 e. The van der Waals surface area contributed by atoms with Crippen molar-refractivity contribution in [2.24, 2.45) is 0 Å². The van der Waals surface area contributed by atoms with E-state index in [4.69, 9.17) is 14.6 Å². The molecule has 0 heterocycles. The van der Waals surface area contributed by atoms with E-state index in [2.05, 4.69) is 6.58 Å². The van der Waals surface area contributed by atoms with Gasteiger partial charge in [-0.25, -0.2) is 0 Å². The topological polar surface area (TPSA) is 38.7 Å². The van der Waals surface area contributed by atoms with Crippen LogP contribution < -0.4 is 4.74 Å². The highest BCUT2D eigenvalue weighted by Gasteiger charge is 1.96. The van der Waals surface area contributed by atoms with Crippen LogP contribution in [0.3, 0.4) is 0 Å². The SMILES string of the molecule is C=C(COc1ccccc1)OCCO. The second-order valence-electron chi connectivity index (χ2n) is 2.71. The molecule has 0 aliphatic rings. The minimum absolute atomic E-state index is 0.00957. The van der Waals surface area contributed by atoms with Crippen molar-refractivity contribution in [1.82, 2.24) is 0 Å². The summed E-state index contributed by atoms with van der Waals surface area (Å²) in [6, 6.07) is 9.43. The van der Waals surface area contributed by atoms with Crippen molar-refractivity contribution in [2.75, 3.05) is 19.8 Å². The Labute approximate surface area is 83.6 Å². The molecule has 0 amide bonds. The summed E-state index contributed by atoms with van der Waals surface area (Å²) in [6.07, 6.45) is 0. The van der Waals surface area contributed by atoms with Crippen molar-refractivity contribution < 1.29 is 14.6 Å². The van der Waals surface area contributed by atoms with E-state index in [1.54, 1.807) is 0 Å². The van der Waals surface area contributed by atoms with Crippen molar-refractivity contribution >= 4 is 0 Å². The molecule has 0 aromatic heterocycles. The molecule has 14 heavy (non-hydrogen) atoms. The lowest BCUT2D eigenvalue weighted by Gasteiger charge is -2.09. The van der Waals surface area contributed by atoms with Crippen LogP contribution in [0.1, 0.15) is 0 Å². The first-order valence-corrected chi connectivity index (χ1v) is 4.42. The third-order valence-electron chi connectivity index (χ3n) is 1.54. The molecule has 0 aliphatic carbocycles. The van der Waals surface area contributed by atoms with Gasteiger partial charge in [-0.3, -0.25) is 0 Å². The molecule has 0 bridgehead atoms. The molecule has 0 atom stereocenters. The number of hydrogen-bond donors (Lipinski definition) is 1. The second kappa shape index (κ2) is 6.05. The van der Waals surface area contributed by atoms with Crippen molar-refractivity contribution in [3.05, 3.63) is 42.7 Å². The average molecular weight is 194 g/mol. The Hall–Kier alpha value is -1.48. The molecule has 1 N–H and O–H groups in total. The number of para-hydroxylation sites is 1. The summed E-state index contributed by atoms with van der Waals surface area (Å²) in [5.41, 5.74) is 0. The molecule has 1 aromatic rings. The summed E-state index contributed by atoms with van der Waals surface area (Å²) < 4.78 is 10.4. The van der Waals surface area contributed by atoms with Gasteiger partial charge in [0.1, 0.15) is 24.7 Å². The Morgan fingerprint density at radius 3 is 2.64 bits per heavy atom. The van der Waals surface area contributed by atoms with Crippen molar-refractivity contribution in [3.63, 3.8) is 0 Å². The van der Waals surface area contributed by atoms with E-state index < -0.39 is 0 Å². The maximum absolute atomic E-state index is 8.49. The van der Waals surface area contributed by atoms with Gasteiger partial charge in [0.05, 0.1) is 6.61 Å². The lowest BCUT2D eigenvalue weighted by atomic mass is 10.3. The maximum atomic E-state index is 8.49. The molecule has 76 valence electrons. The first kappa shape index (κ1) is 10.6. The number of aliphatic hydroxyl groups is 1. The Balaban J connectivity index is 2.24. The second-order valence-corrected chi connectivity index (χ2v) is 2.71. The minimum atomic E-state index is -0.00957. The highest BCUT2D eigenvalue weighted by Crippen LogP contribution is 2.09. The van der Waals surface area contributed by atoms with Crippen LogP contribution in [-0.4, -0.2) is 24.9 Å². The van der Waals surface area contributed by atoms with Crippen LogP contribution >= 0.6 is 0 Å². The Kier molecular flexibility index (Phi) is 4.58. The van der Waals surface area contributed by atoms with Gasteiger partial charge in [-0.15, -0.1) is 0 Å². The molecule has 0 spiro atoms. The van der Waals surface area contributed by atoms with Crippen LogP contribution in [0.2, 0.25) is 0 Å². The summed E-state index contributed by atoms with van der Waals surface area (Å²) in [6.45, 7) is 4.21. The van der Waals surface area contributed by atoms with E-state index in [1.165, 1.54) is 0 Å². The molecule has 1 aromatic carbocycles. The van der Waals surface area contributed by atoms with E-state index in [9.17, 15) is 0 Å². The molecule has 0 saturated heterocycles. The zero-order valence-corrected chi connectivity index (χ0v) is 7.98. The van der Waals surface area contributed by atoms with Gasteiger partial charge < -0.3 is 14.6 Å². The first-order chi connectivity index (χ1) is 6.83. The predicted molar refractivity (Wildman–Crippen MR) is 54.1 cm³/mol. The summed E-state index contributed by atoms with van der Waals surface area (Å²) in [5.74, 6) is 1.30. The molecule has 0 fully saturated rings. The minimum Gasteiger partial charge on any atom is -0.493 e. The van der Waals surface area contributed by atoms with Crippen LogP contribution in [0.15, 0.2) is 42.7 Å². The van der Waals surface area contributed by atoms with Crippen LogP contribution in [0, 0.1) is 0 Å². The van der Waals surface area contributed by atoms with Gasteiger partial charge in [0.15, 0.2) is 0 Å². The van der Waals surface area contributed by atoms with Gasteiger partial charge in [-0.1, -0.05) is 24.8 Å². The molecule has 0 saturated carbocycles. The van der Waals surface area contributed by atoms with Crippen molar-refractivity contribution in [2.45, 2.75) is 0 Å². The molecule has 3 heteroatoms. The summed E-state index contributed by atoms with van der Waals surface area (Å²) in [4.78, 5) is 0. The molecule has 0 radical (unpaired) electrons. The summed E-state index contributed by atoms with van der Waals surface area (Å²) in [5, 5.41) is 8.49. The van der Waals surface area contributed by atoms with Gasteiger partial charge in [0, 0.05) is 0 Å². The van der Waals surface area contributed by atoms with E-state index in [-0.39, 0.29) is 13.2 Å². The van der Waals surface area contributed by atoms with Crippen LogP contribution in [0.25, 0.3) is 0 Å². The lowest BCUT2D eigenvalue weighted by Crippen LogP contribution is -2.06. The van der Waals surface area contributed by atoms with Crippen molar-refractivity contribution in [1.29, 1.82) is 0 Å². The molecule has 1 rings (SSSR count). The molecule has 3 nitrogen and oxygen atoms in total. The highest BCUT2D eigenvalue weighted by atomic mass is 16.5.